The van der Waals surface area contributed by atoms with Crippen molar-refractivity contribution in [1.29, 1.82) is 0 Å². The minimum Gasteiger partial charge on any atom is -1.00 e. The molecule has 0 aromatic carbocycles. The number of amides is 2. The third-order valence-corrected chi connectivity index (χ3v) is 31.2. The Hall–Kier alpha value is -4.42. The van der Waals surface area contributed by atoms with Crippen LogP contribution in [0, 0.1) is 73.0 Å². The first kappa shape index (κ1) is 118. The van der Waals surface area contributed by atoms with Crippen LogP contribution in [0.4, 0.5) is 9.59 Å². The second kappa shape index (κ2) is 52.9. The zero-order valence-corrected chi connectivity index (χ0v) is 96.7. The van der Waals surface area contributed by atoms with Gasteiger partial charge in [0.05, 0.1) is 93.6 Å². The van der Waals surface area contributed by atoms with Crippen molar-refractivity contribution >= 4 is 83.7 Å². The van der Waals surface area contributed by atoms with Crippen molar-refractivity contribution in [3.63, 3.8) is 0 Å². The molecule has 0 radical (unpaired) electrons. The number of nitrogens with one attached hydrogen (secondary N) is 1. The van der Waals surface area contributed by atoms with Gasteiger partial charge in [-0.15, -0.1) is 45.2 Å². The van der Waals surface area contributed by atoms with Crippen LogP contribution in [-0.2, 0) is 91.8 Å². The SMILES string of the molecule is BrCCC1CCCO1.CC(C)(C)OC(=O)N1CCC2(CC1)CC2CCc1ccc(Cl)nn1.Cc1cnn(C)c1-c1ccc(CCC2CC23CCN(C(=O)OC(C)(C)C)CC3)nn1.Cc1cnn(C)c1-c1ccc(CCC2CC23CCN(CCC2CCCO2)CC3)nn1.Cc1cnn(C)c1-c1ccc(CCC2CC23CCNCC3)nn1.Cc1cnn(C)c1B1OC(C)(C)C(C)(C)O1.Cl.Cl.O=CO[O-].[H-].[K+].[K+]. The Balaban J connectivity index is 0.000000208. The third kappa shape index (κ3) is 32.8. The number of ether oxygens (including phenoxy) is 4. The van der Waals surface area contributed by atoms with Crippen LogP contribution in [0.1, 0.15) is 257 Å². The van der Waals surface area contributed by atoms with E-state index in [1.807, 2.05) is 149 Å². The van der Waals surface area contributed by atoms with Crippen molar-refractivity contribution in [2.24, 2.45) is 73.5 Å². The number of alkyl halides is 1. The molecule has 0 bridgehead atoms. The van der Waals surface area contributed by atoms with Gasteiger partial charge < -0.3 is 59.8 Å². The summed E-state index contributed by atoms with van der Waals surface area (Å²) in [6, 6.07) is 16.4. The fraction of sp³-hybridized carbons (Fsp3) is 0.693. The summed E-state index contributed by atoms with van der Waals surface area (Å²) in [4.78, 5) is 42.1. The summed E-state index contributed by atoms with van der Waals surface area (Å²) in [6.45, 7) is 39.1. The molecular weight excluding hydrogens is 1940 g/mol. The molecule has 8 aromatic rings. The van der Waals surface area contributed by atoms with Gasteiger partial charge in [-0.2, -0.15) is 40.8 Å². The molecule has 2 amide bonds. The number of hydrogen-bond acceptors (Lipinski definition) is 25. The monoisotopic (exact) mass is 2090 g/mol. The van der Waals surface area contributed by atoms with E-state index in [0.717, 1.165) is 217 Å². The van der Waals surface area contributed by atoms with Crippen LogP contribution >= 0.6 is 52.3 Å². The molecule has 38 heteroatoms. The molecule has 4 spiro atoms. The molecule has 756 valence electrons. The number of aromatic nitrogens is 16. The molecule has 6 atom stereocenters. The average molecular weight is 2100 g/mol. The van der Waals surface area contributed by atoms with E-state index in [2.05, 4.69) is 164 Å². The van der Waals surface area contributed by atoms with E-state index in [-0.39, 0.29) is 166 Å². The Morgan fingerprint density at radius 2 is 0.827 bits per heavy atom. The number of piperidine rings is 4. The van der Waals surface area contributed by atoms with E-state index >= 15 is 0 Å². The molecule has 11 fully saturated rings. The number of aryl methyl sites for hydroxylation is 12. The minimum atomic E-state index is -0.430. The van der Waals surface area contributed by atoms with Gasteiger partial charge in [-0.1, -0.05) is 27.5 Å². The Kier molecular flexibility index (Phi) is 45.0. The van der Waals surface area contributed by atoms with Gasteiger partial charge in [-0.05, 0) is 406 Å². The maximum atomic E-state index is 12.3. The summed E-state index contributed by atoms with van der Waals surface area (Å²) in [5.41, 5.74) is 16.3. The van der Waals surface area contributed by atoms with E-state index in [1.54, 1.807) is 6.07 Å². The van der Waals surface area contributed by atoms with E-state index < -0.39 is 11.2 Å². The first-order valence-electron chi connectivity index (χ1n) is 49.5. The molecular formula is C101H153BBrCl3K2N20O11. The van der Waals surface area contributed by atoms with Gasteiger partial charge in [-0.3, -0.25) is 23.5 Å². The van der Waals surface area contributed by atoms with Crippen LogP contribution in [-0.4, -0.2) is 232 Å². The summed E-state index contributed by atoms with van der Waals surface area (Å²) >= 11 is 9.15. The Labute approximate surface area is 937 Å². The first-order valence-corrected chi connectivity index (χ1v) is 51.0. The second-order valence-electron chi connectivity index (χ2n) is 42.9. The number of rotatable bonds is 22. The van der Waals surface area contributed by atoms with Gasteiger partial charge in [0.25, 0.3) is 6.47 Å². The van der Waals surface area contributed by atoms with Gasteiger partial charge in [0.2, 0.25) is 0 Å². The fourth-order valence-corrected chi connectivity index (χ4v) is 21.9. The van der Waals surface area contributed by atoms with Crippen molar-refractivity contribution in [2.45, 2.75) is 298 Å². The Bertz CT molecular complexity index is 5040. The van der Waals surface area contributed by atoms with E-state index in [1.165, 1.54) is 135 Å². The first-order chi connectivity index (χ1) is 64.3. The normalized spacial score (nSPS) is 22.0. The topological polar surface area (TPSA) is 335 Å². The molecule has 19 rings (SSSR count). The quantitative estimate of drug-likeness (QED) is 0.0216. The molecule has 4 aliphatic carbocycles. The van der Waals surface area contributed by atoms with E-state index in [0.29, 0.717) is 39.0 Å². The van der Waals surface area contributed by atoms with Crippen molar-refractivity contribution in [3.8, 4) is 34.2 Å². The van der Waals surface area contributed by atoms with E-state index in [4.69, 9.17) is 49.9 Å². The van der Waals surface area contributed by atoms with Crippen LogP contribution < -0.4 is 119 Å². The number of halogens is 4. The van der Waals surface area contributed by atoms with Gasteiger partial charge in [-0.25, -0.2) is 9.59 Å². The van der Waals surface area contributed by atoms with Crippen molar-refractivity contribution in [3.05, 3.63) is 124 Å². The Morgan fingerprint density at radius 3 is 1.12 bits per heavy atom. The molecule has 11 aliphatic rings. The van der Waals surface area contributed by atoms with Crippen LogP contribution in [0.2, 0.25) is 5.15 Å². The fourth-order valence-electron chi connectivity index (χ4n) is 21.3. The maximum absolute atomic E-state index is 12.3. The third-order valence-electron chi connectivity index (χ3n) is 30.6. The van der Waals surface area contributed by atoms with Crippen LogP contribution in [0.15, 0.2) is 73.3 Å². The molecule has 6 unspecified atom stereocenters. The number of nitrogens with zero attached hydrogens (tertiary/aromatic N) is 19. The van der Waals surface area contributed by atoms with Crippen LogP contribution in [0.25, 0.3) is 34.2 Å². The number of hydrogen-bond donors (Lipinski definition) is 1. The molecule has 31 nitrogen and oxygen atoms in total. The molecule has 8 aromatic heterocycles. The molecule has 7 saturated heterocycles. The van der Waals surface area contributed by atoms with Gasteiger partial charge in [0.1, 0.15) is 28.3 Å². The smallest absolute Gasteiger partial charge is 1.00 e. The standard InChI is InChI=1S/C24H35N5O.C23H33N5O2.C18H26ClN3O2.C18H25N5.C11H19BN2O2.C6H11BrO.CH2O3.2ClH.2K.H/c1-18-17-25-28(2)23(18)22-8-7-20(26-27-22)6-5-19-16-24(19)10-13-29(14-11-24)12-9-21-4-3-15-30-21;1-16-15-24-27(5)20(16)19-9-8-18(25-26-19)7-6-17-14-23(17)10-12-28(13-11-23)21(29)30-22(2,3)4;1-17(2,3)24-16(23)22-10-8-18(9-11-22)12-13(18)4-5-14-6-7-15(19)21-20-14;1-13-12-20-23(2)17(13)16-6-5-15(21-22-16)4-3-14-11-18(14)7-9-19-10-8-18;1-8-7-13-14(6)9(8)12-15-10(2,3)11(4,5)16-12;7-4-3-6-2-1-5-8-6;2-1-4-3;;;;;/h7-8,17,19,21H,3-6,9-16H2,1-2H3;8-9,15,17H,6-7,10-14H2,1-5H3;6-7,13H,4-5,8-12H2,1-3H3;5-6,12,14,19H,3-4,7-11H2,1-2H3;7H,1-6H3;6H,1-5H2;1,3H;2*1H;;;/q;;;;;;;;;2*+1;-1/p-1. The largest absolute Gasteiger partial charge is 1.00 e. The molecule has 15 heterocycles. The zero-order chi connectivity index (χ0) is 96.7. The number of likely N-dealkylation sites (tertiary alicyclic amines) is 3. The van der Waals surface area contributed by atoms with Crippen molar-refractivity contribution in [1.82, 2.24) is 99.9 Å². The second-order valence-corrected chi connectivity index (χ2v) is 44.0. The Morgan fingerprint density at radius 1 is 0.496 bits per heavy atom. The van der Waals surface area contributed by atoms with Crippen molar-refractivity contribution in [2.75, 3.05) is 77.4 Å². The van der Waals surface area contributed by atoms with Crippen molar-refractivity contribution < 1.29 is 157 Å². The summed E-state index contributed by atoms with van der Waals surface area (Å²) < 4.78 is 41.5. The number of carbonyl (C=O) groups excluding carboxylic acids is 3. The summed E-state index contributed by atoms with van der Waals surface area (Å²) in [6.07, 6.45) is 39.7. The predicted molar refractivity (Wildman–Crippen MR) is 539 cm³/mol. The molecule has 1 N–H and O–H groups in total. The zero-order valence-electron chi connectivity index (χ0n) is 87.5. The van der Waals surface area contributed by atoms with Crippen LogP contribution in [0.3, 0.4) is 0 Å². The maximum Gasteiger partial charge on any atom is 1.00 e. The molecule has 139 heavy (non-hydrogen) atoms. The molecule has 7 aliphatic heterocycles. The summed E-state index contributed by atoms with van der Waals surface area (Å²) in [7, 11) is 7.42. The predicted octanol–water partition coefficient (Wildman–Crippen LogP) is 10.9. The van der Waals surface area contributed by atoms with Gasteiger partial charge >= 0.3 is 122 Å². The van der Waals surface area contributed by atoms with E-state index in [9.17, 15) is 9.59 Å². The van der Waals surface area contributed by atoms with Gasteiger partial charge in [0.15, 0.2) is 5.15 Å². The number of carbonyl (C=O) groups is 3. The minimum absolute atomic E-state index is 0. The summed E-state index contributed by atoms with van der Waals surface area (Å²) in [5.74, 6) is 3.28. The van der Waals surface area contributed by atoms with Crippen LogP contribution in [0.5, 0.6) is 0 Å². The molecule has 4 saturated carbocycles. The van der Waals surface area contributed by atoms with Gasteiger partial charge in [0, 0.05) is 79.5 Å². The average Bonchev–Trinajstić information content (AvgIpc) is 1.60. The summed E-state index contributed by atoms with van der Waals surface area (Å²) in [5, 5.41) is 65.3.